The molecule has 1 aromatic heterocycles. The van der Waals surface area contributed by atoms with Gasteiger partial charge in [0.15, 0.2) is 0 Å². The van der Waals surface area contributed by atoms with Gasteiger partial charge >= 0.3 is 0 Å². The van der Waals surface area contributed by atoms with Crippen LogP contribution in [0.1, 0.15) is 11.4 Å². The second-order valence-corrected chi connectivity index (χ2v) is 4.47. The molecule has 0 saturated carbocycles. The van der Waals surface area contributed by atoms with Gasteiger partial charge < -0.3 is 4.57 Å². The smallest absolute Gasteiger partial charge is 0.115 e. The Kier molecular flexibility index (Phi) is 3.04. The summed E-state index contributed by atoms with van der Waals surface area (Å²) >= 11 is 0. The van der Waals surface area contributed by atoms with Crippen LogP contribution in [0, 0.1) is 12.3 Å². The highest BCUT2D eigenvalue weighted by Crippen LogP contribution is 2.18. The molecule has 2 heteroatoms. The van der Waals surface area contributed by atoms with E-state index in [2.05, 4.69) is 28.7 Å². The number of benzene rings is 2. The monoisotopic (exact) mass is 246 g/mol. The summed E-state index contributed by atoms with van der Waals surface area (Å²) in [5, 5.41) is 0. The predicted molar refractivity (Wildman–Crippen MR) is 77.8 cm³/mol. The zero-order valence-corrected chi connectivity index (χ0v) is 10.6. The minimum absolute atomic E-state index is 0.558. The summed E-state index contributed by atoms with van der Waals surface area (Å²) in [5.41, 5.74) is 3.35. The van der Waals surface area contributed by atoms with Gasteiger partial charge in [-0.1, -0.05) is 48.4 Å². The van der Waals surface area contributed by atoms with Crippen molar-refractivity contribution in [3.05, 3.63) is 66.0 Å². The molecule has 0 amide bonds. The van der Waals surface area contributed by atoms with Gasteiger partial charge in [0, 0.05) is 6.42 Å². The molecule has 2 aromatic carbocycles. The van der Waals surface area contributed by atoms with Gasteiger partial charge in [0.25, 0.3) is 0 Å². The Morgan fingerprint density at radius 3 is 2.53 bits per heavy atom. The molecule has 0 radical (unpaired) electrons. The largest absolute Gasteiger partial charge is 0.316 e. The Balaban J connectivity index is 2.07. The number of imidazole rings is 1. The molecule has 3 aromatic rings. The van der Waals surface area contributed by atoms with Crippen LogP contribution in [0.5, 0.6) is 0 Å². The molecule has 2 nitrogen and oxygen atoms in total. The van der Waals surface area contributed by atoms with E-state index in [-0.39, 0.29) is 0 Å². The van der Waals surface area contributed by atoms with Gasteiger partial charge in [0.2, 0.25) is 0 Å². The molecule has 0 aliphatic rings. The number of para-hydroxylation sites is 2. The van der Waals surface area contributed by atoms with Crippen LogP contribution in [0.25, 0.3) is 11.0 Å². The fraction of sp³-hybridized carbons (Fsp3) is 0.118. The Morgan fingerprint density at radius 2 is 1.74 bits per heavy atom. The molecule has 1 heterocycles. The van der Waals surface area contributed by atoms with Crippen molar-refractivity contribution in [1.82, 2.24) is 9.55 Å². The van der Waals surface area contributed by atoms with Gasteiger partial charge in [-0.2, -0.15) is 0 Å². The molecule has 0 aliphatic heterocycles. The van der Waals surface area contributed by atoms with Crippen LogP contribution in [-0.4, -0.2) is 9.55 Å². The average Bonchev–Trinajstić information content (AvgIpc) is 2.79. The van der Waals surface area contributed by atoms with Crippen molar-refractivity contribution in [1.29, 1.82) is 0 Å². The molecule has 0 spiro atoms. The summed E-state index contributed by atoms with van der Waals surface area (Å²) in [6, 6.07) is 18.4. The van der Waals surface area contributed by atoms with Gasteiger partial charge in [-0.3, -0.25) is 0 Å². The summed E-state index contributed by atoms with van der Waals surface area (Å²) in [6.07, 6.45) is 6.28. The lowest BCUT2D eigenvalue weighted by molar-refractivity contribution is 0.794. The Bertz CT molecular complexity index is 733. The van der Waals surface area contributed by atoms with Crippen LogP contribution in [-0.2, 0) is 13.0 Å². The molecular formula is C17H14N2. The molecule has 0 N–H and O–H groups in total. The van der Waals surface area contributed by atoms with Crippen molar-refractivity contribution in [2.75, 3.05) is 0 Å². The molecule has 0 unspecified atom stereocenters. The minimum Gasteiger partial charge on any atom is -0.316 e. The van der Waals surface area contributed by atoms with E-state index in [1.54, 1.807) is 0 Å². The van der Waals surface area contributed by atoms with Crippen molar-refractivity contribution >= 4 is 11.0 Å². The van der Waals surface area contributed by atoms with Gasteiger partial charge in [-0.05, 0) is 17.7 Å². The van der Waals surface area contributed by atoms with Crippen molar-refractivity contribution < 1.29 is 0 Å². The third-order valence-electron chi connectivity index (χ3n) is 3.19. The van der Waals surface area contributed by atoms with E-state index in [1.165, 1.54) is 5.56 Å². The van der Waals surface area contributed by atoms with Crippen molar-refractivity contribution in [3.63, 3.8) is 0 Å². The molecular weight excluding hydrogens is 232 g/mol. The van der Waals surface area contributed by atoms with E-state index < -0.39 is 0 Å². The van der Waals surface area contributed by atoms with Crippen LogP contribution in [0.15, 0.2) is 54.6 Å². The van der Waals surface area contributed by atoms with E-state index in [1.807, 2.05) is 36.4 Å². The maximum absolute atomic E-state index is 5.47. The Morgan fingerprint density at radius 1 is 1.00 bits per heavy atom. The molecule has 0 fully saturated rings. The van der Waals surface area contributed by atoms with E-state index >= 15 is 0 Å². The zero-order chi connectivity index (χ0) is 13.1. The van der Waals surface area contributed by atoms with E-state index in [4.69, 9.17) is 11.4 Å². The first kappa shape index (κ1) is 11.6. The van der Waals surface area contributed by atoms with E-state index in [0.29, 0.717) is 6.54 Å². The number of rotatable bonds is 3. The van der Waals surface area contributed by atoms with Gasteiger partial charge in [-0.15, -0.1) is 6.42 Å². The lowest BCUT2D eigenvalue weighted by atomic mass is 10.1. The Labute approximate surface area is 112 Å². The number of hydrogen-bond acceptors (Lipinski definition) is 1. The summed E-state index contributed by atoms with van der Waals surface area (Å²) < 4.78 is 2.11. The molecule has 3 rings (SSSR count). The maximum Gasteiger partial charge on any atom is 0.115 e. The quantitative estimate of drug-likeness (QED) is 0.649. The topological polar surface area (TPSA) is 17.8 Å². The third kappa shape index (κ3) is 2.23. The fourth-order valence-corrected chi connectivity index (χ4v) is 2.31. The summed E-state index contributed by atoms with van der Waals surface area (Å²) in [7, 11) is 0. The zero-order valence-electron chi connectivity index (χ0n) is 10.6. The number of hydrogen-bond donors (Lipinski definition) is 0. The summed E-state index contributed by atoms with van der Waals surface area (Å²) in [4.78, 5) is 4.69. The summed E-state index contributed by atoms with van der Waals surface area (Å²) in [5.74, 6) is 3.73. The first-order valence-corrected chi connectivity index (χ1v) is 6.30. The van der Waals surface area contributed by atoms with Gasteiger partial charge in [0.1, 0.15) is 5.82 Å². The molecule has 19 heavy (non-hydrogen) atoms. The average molecular weight is 246 g/mol. The molecule has 92 valence electrons. The highest BCUT2D eigenvalue weighted by atomic mass is 15.1. The molecule has 0 aliphatic carbocycles. The van der Waals surface area contributed by atoms with Crippen molar-refractivity contribution in [2.24, 2.45) is 0 Å². The first-order chi connectivity index (χ1) is 9.38. The van der Waals surface area contributed by atoms with Crippen LogP contribution in [0.2, 0.25) is 0 Å². The third-order valence-corrected chi connectivity index (χ3v) is 3.19. The van der Waals surface area contributed by atoms with E-state index in [0.717, 1.165) is 23.3 Å². The minimum atomic E-state index is 0.558. The lowest BCUT2D eigenvalue weighted by Gasteiger charge is -2.05. The van der Waals surface area contributed by atoms with Crippen LogP contribution in [0.3, 0.4) is 0 Å². The lowest BCUT2D eigenvalue weighted by Crippen LogP contribution is -2.03. The van der Waals surface area contributed by atoms with Crippen LogP contribution < -0.4 is 0 Å². The molecule has 0 saturated heterocycles. The van der Waals surface area contributed by atoms with Crippen LogP contribution in [0.4, 0.5) is 0 Å². The normalized spacial score (nSPS) is 10.5. The predicted octanol–water partition coefficient (Wildman–Crippen LogP) is 3.26. The van der Waals surface area contributed by atoms with E-state index in [9.17, 15) is 0 Å². The fourth-order valence-electron chi connectivity index (χ4n) is 2.31. The molecule has 0 atom stereocenters. The SMILES string of the molecule is C#CCn1c(Cc2ccccc2)nc2ccccc21. The highest BCUT2D eigenvalue weighted by molar-refractivity contribution is 5.76. The first-order valence-electron chi connectivity index (χ1n) is 6.30. The summed E-state index contributed by atoms with van der Waals surface area (Å²) in [6.45, 7) is 0.558. The second-order valence-electron chi connectivity index (χ2n) is 4.47. The number of fused-ring (bicyclic) bond motifs is 1. The van der Waals surface area contributed by atoms with Crippen molar-refractivity contribution in [2.45, 2.75) is 13.0 Å². The second kappa shape index (κ2) is 4.99. The maximum atomic E-state index is 5.47. The highest BCUT2D eigenvalue weighted by Gasteiger charge is 2.09. The Hall–Kier alpha value is -2.53. The van der Waals surface area contributed by atoms with Gasteiger partial charge in [-0.25, -0.2) is 4.98 Å². The number of terminal acetylenes is 1. The van der Waals surface area contributed by atoms with Gasteiger partial charge in [0.05, 0.1) is 17.6 Å². The standard InChI is InChI=1S/C17H14N2/c1-2-12-19-16-11-7-6-10-15(16)18-17(19)13-14-8-4-3-5-9-14/h1,3-11H,12-13H2. The number of nitrogens with zero attached hydrogens (tertiary/aromatic N) is 2. The number of aromatic nitrogens is 2. The van der Waals surface area contributed by atoms with Crippen LogP contribution >= 0.6 is 0 Å². The molecule has 0 bridgehead atoms. The van der Waals surface area contributed by atoms with Crippen molar-refractivity contribution in [3.8, 4) is 12.3 Å².